The zero-order valence-corrected chi connectivity index (χ0v) is 16.9. The summed E-state index contributed by atoms with van der Waals surface area (Å²) >= 11 is 2.86. The normalized spacial score (nSPS) is 16.8. The summed E-state index contributed by atoms with van der Waals surface area (Å²) in [7, 11) is 0. The molecule has 3 rings (SSSR count). The Morgan fingerprint density at radius 2 is 2.38 bits per heavy atom. The Hall–Kier alpha value is -1.85. The molecule has 0 bridgehead atoms. The summed E-state index contributed by atoms with van der Waals surface area (Å²) in [4.78, 5) is 17.5. The number of aromatic nitrogens is 3. The molecule has 2 N–H and O–H groups in total. The number of hydrogen-bond acceptors (Lipinski definition) is 6. The summed E-state index contributed by atoms with van der Waals surface area (Å²) in [6.45, 7) is 6.89. The molecule has 0 unspecified atom stereocenters. The van der Waals surface area contributed by atoms with E-state index in [0.29, 0.717) is 27.1 Å². The van der Waals surface area contributed by atoms with Crippen LogP contribution < -0.4 is 5.32 Å². The van der Waals surface area contributed by atoms with E-state index in [2.05, 4.69) is 47.3 Å². The Bertz CT molecular complexity index is 819. The number of carbonyl (C=O) groups excluding carboxylic acids is 1. The van der Waals surface area contributed by atoms with Crippen molar-refractivity contribution < 1.29 is 4.79 Å². The number of rotatable bonds is 6. The van der Waals surface area contributed by atoms with E-state index < -0.39 is 0 Å². The molecule has 1 aliphatic rings. The van der Waals surface area contributed by atoms with Gasteiger partial charge in [-0.3, -0.25) is 9.89 Å². The molecule has 1 aliphatic carbocycles. The number of hydrogen-bond donors (Lipinski definition) is 2. The Balaban J connectivity index is 1.71. The number of anilines is 1. The summed E-state index contributed by atoms with van der Waals surface area (Å²) in [6.07, 6.45) is 5.58. The lowest BCUT2D eigenvalue weighted by Crippen LogP contribution is -2.28. The first-order valence-corrected chi connectivity index (χ1v) is 10.6. The fraction of sp³-hybridized carbons (Fsp3) is 0.556. The Morgan fingerprint density at radius 1 is 1.58 bits per heavy atom. The van der Waals surface area contributed by atoms with E-state index in [0.717, 1.165) is 31.2 Å². The van der Waals surface area contributed by atoms with Crippen LogP contribution in [0.15, 0.2) is 11.5 Å². The zero-order valence-electron chi connectivity index (χ0n) is 15.3. The molecule has 0 fully saturated rings. The maximum atomic E-state index is 12.3. The van der Waals surface area contributed by atoms with Crippen molar-refractivity contribution >= 4 is 34.0 Å². The van der Waals surface area contributed by atoms with Gasteiger partial charge < -0.3 is 5.32 Å². The van der Waals surface area contributed by atoms with E-state index in [-0.39, 0.29) is 11.7 Å². The SMILES string of the molecule is CCC(C)(C)[C@H]1CCc2c(sc(NC(=O)CSc3ncn[nH]3)c2C#N)C1. The average molecular weight is 390 g/mol. The highest BCUT2D eigenvalue weighted by atomic mass is 32.2. The van der Waals surface area contributed by atoms with Gasteiger partial charge in [0.15, 0.2) is 5.16 Å². The second-order valence-corrected chi connectivity index (χ2v) is 9.30. The standard InChI is InChI=1S/C18H23N5OS2/c1-4-18(2,3)11-5-6-12-13(8-19)16(26-14(12)7-11)22-15(24)9-25-17-20-10-21-23-17/h10-11H,4-7,9H2,1-3H3,(H,22,24)(H,20,21,23)/t11-/m0/s1. The van der Waals surface area contributed by atoms with Gasteiger partial charge in [-0.2, -0.15) is 10.4 Å². The van der Waals surface area contributed by atoms with Crippen LogP contribution in [0.5, 0.6) is 0 Å². The number of carbonyl (C=O) groups is 1. The first-order valence-electron chi connectivity index (χ1n) is 8.77. The van der Waals surface area contributed by atoms with E-state index in [9.17, 15) is 10.1 Å². The van der Waals surface area contributed by atoms with Gasteiger partial charge in [0, 0.05) is 4.88 Å². The molecule has 26 heavy (non-hydrogen) atoms. The molecule has 6 nitrogen and oxygen atoms in total. The van der Waals surface area contributed by atoms with Crippen LogP contribution in [0, 0.1) is 22.7 Å². The first kappa shape index (κ1) is 18.9. The minimum atomic E-state index is -0.132. The van der Waals surface area contributed by atoms with Gasteiger partial charge in [0.1, 0.15) is 17.4 Å². The molecule has 0 aliphatic heterocycles. The quantitative estimate of drug-likeness (QED) is 0.728. The van der Waals surface area contributed by atoms with Gasteiger partial charge in [-0.15, -0.1) is 11.3 Å². The molecule has 0 saturated heterocycles. The lowest BCUT2D eigenvalue weighted by Gasteiger charge is -2.36. The topological polar surface area (TPSA) is 94.5 Å². The van der Waals surface area contributed by atoms with Gasteiger partial charge >= 0.3 is 0 Å². The van der Waals surface area contributed by atoms with Gasteiger partial charge in [0.2, 0.25) is 5.91 Å². The first-order chi connectivity index (χ1) is 12.4. The van der Waals surface area contributed by atoms with Crippen LogP contribution in [-0.2, 0) is 17.6 Å². The highest BCUT2D eigenvalue weighted by Crippen LogP contribution is 2.45. The lowest BCUT2D eigenvalue weighted by atomic mass is 9.69. The van der Waals surface area contributed by atoms with Gasteiger partial charge in [0.25, 0.3) is 0 Å². The summed E-state index contributed by atoms with van der Waals surface area (Å²) in [6, 6.07) is 2.31. The number of nitriles is 1. The lowest BCUT2D eigenvalue weighted by molar-refractivity contribution is -0.113. The van der Waals surface area contributed by atoms with Crippen molar-refractivity contribution in [1.82, 2.24) is 15.2 Å². The average Bonchev–Trinajstić information content (AvgIpc) is 3.26. The molecule has 0 saturated carbocycles. The number of nitrogens with zero attached hydrogens (tertiary/aromatic N) is 3. The highest BCUT2D eigenvalue weighted by molar-refractivity contribution is 7.99. The second-order valence-electron chi connectivity index (χ2n) is 7.23. The van der Waals surface area contributed by atoms with Gasteiger partial charge in [-0.25, -0.2) is 4.98 Å². The molecule has 138 valence electrons. The van der Waals surface area contributed by atoms with E-state index in [1.165, 1.54) is 23.0 Å². The van der Waals surface area contributed by atoms with Crippen LogP contribution in [0.1, 0.15) is 49.6 Å². The minimum absolute atomic E-state index is 0.132. The number of nitrogens with one attached hydrogen (secondary N) is 2. The molecule has 0 spiro atoms. The zero-order chi connectivity index (χ0) is 18.7. The molecular formula is C18H23N5OS2. The van der Waals surface area contributed by atoms with Crippen molar-refractivity contribution in [2.75, 3.05) is 11.1 Å². The molecule has 0 radical (unpaired) electrons. The molecule has 8 heteroatoms. The summed E-state index contributed by atoms with van der Waals surface area (Å²) in [5, 5.41) is 20.3. The summed E-state index contributed by atoms with van der Waals surface area (Å²) < 4.78 is 0. The molecule has 2 aromatic rings. The number of H-pyrrole nitrogens is 1. The van der Waals surface area contributed by atoms with Crippen molar-refractivity contribution in [2.24, 2.45) is 11.3 Å². The molecule has 2 heterocycles. The Kier molecular flexibility index (Phi) is 5.68. The van der Waals surface area contributed by atoms with Crippen molar-refractivity contribution in [1.29, 1.82) is 5.26 Å². The van der Waals surface area contributed by atoms with Crippen molar-refractivity contribution in [2.45, 2.75) is 51.6 Å². The van der Waals surface area contributed by atoms with Crippen LogP contribution >= 0.6 is 23.1 Å². The fourth-order valence-electron chi connectivity index (χ4n) is 3.31. The third kappa shape index (κ3) is 3.94. The van der Waals surface area contributed by atoms with Gasteiger partial charge in [-0.1, -0.05) is 39.0 Å². The number of amides is 1. The van der Waals surface area contributed by atoms with Crippen LogP contribution in [0.4, 0.5) is 5.00 Å². The predicted molar refractivity (Wildman–Crippen MR) is 104 cm³/mol. The van der Waals surface area contributed by atoms with Crippen LogP contribution in [0.3, 0.4) is 0 Å². The van der Waals surface area contributed by atoms with Gasteiger partial charge in [-0.05, 0) is 36.2 Å². The molecule has 0 aromatic carbocycles. The summed E-state index contributed by atoms with van der Waals surface area (Å²) in [5.41, 5.74) is 2.08. The number of thiophene rings is 1. The fourth-order valence-corrected chi connectivity index (χ4v) is 5.18. The van der Waals surface area contributed by atoms with Crippen LogP contribution in [0.2, 0.25) is 0 Å². The van der Waals surface area contributed by atoms with E-state index >= 15 is 0 Å². The Morgan fingerprint density at radius 3 is 3.04 bits per heavy atom. The monoisotopic (exact) mass is 389 g/mol. The van der Waals surface area contributed by atoms with Gasteiger partial charge in [0.05, 0.1) is 11.3 Å². The number of aromatic amines is 1. The molecule has 1 amide bonds. The van der Waals surface area contributed by atoms with E-state index in [1.807, 2.05) is 0 Å². The third-order valence-corrected chi connectivity index (χ3v) is 7.43. The Labute approximate surface area is 161 Å². The second kappa shape index (κ2) is 7.80. The molecular weight excluding hydrogens is 366 g/mol. The van der Waals surface area contributed by atoms with Crippen molar-refractivity contribution in [3.63, 3.8) is 0 Å². The summed E-state index contributed by atoms with van der Waals surface area (Å²) in [5.74, 6) is 0.719. The smallest absolute Gasteiger partial charge is 0.235 e. The van der Waals surface area contributed by atoms with Crippen LogP contribution in [0.25, 0.3) is 0 Å². The minimum Gasteiger partial charge on any atom is -0.316 e. The van der Waals surface area contributed by atoms with Crippen molar-refractivity contribution in [3.05, 3.63) is 22.3 Å². The molecule has 2 aromatic heterocycles. The van der Waals surface area contributed by atoms with Crippen LogP contribution in [-0.4, -0.2) is 26.8 Å². The largest absolute Gasteiger partial charge is 0.316 e. The maximum Gasteiger partial charge on any atom is 0.235 e. The molecule has 1 atom stereocenters. The highest BCUT2D eigenvalue weighted by Gasteiger charge is 2.34. The van der Waals surface area contributed by atoms with E-state index in [1.54, 1.807) is 11.3 Å². The maximum absolute atomic E-state index is 12.3. The predicted octanol–water partition coefficient (Wildman–Crippen LogP) is 4.01. The third-order valence-electron chi connectivity index (χ3n) is 5.38. The number of thioether (sulfide) groups is 1. The van der Waals surface area contributed by atoms with Crippen molar-refractivity contribution in [3.8, 4) is 6.07 Å². The number of fused-ring (bicyclic) bond motifs is 1. The van der Waals surface area contributed by atoms with E-state index in [4.69, 9.17) is 0 Å².